The fourth-order valence-corrected chi connectivity index (χ4v) is 2.58. The molecule has 2 rings (SSSR count). The first-order chi connectivity index (χ1) is 11.0. The van der Waals surface area contributed by atoms with E-state index < -0.39 is 0 Å². The van der Waals surface area contributed by atoms with Gasteiger partial charge in [-0.15, -0.1) is 0 Å². The number of hydrogen-bond donors (Lipinski definition) is 0. The molecule has 0 N–H and O–H groups in total. The van der Waals surface area contributed by atoms with Crippen LogP contribution in [-0.2, 0) is 16.0 Å². The Kier molecular flexibility index (Phi) is 6.10. The summed E-state index contributed by atoms with van der Waals surface area (Å²) in [4.78, 5) is 29.7. The second-order valence-corrected chi connectivity index (χ2v) is 6.00. The third-order valence-electron chi connectivity index (χ3n) is 4.21. The van der Waals surface area contributed by atoms with Crippen LogP contribution in [-0.4, -0.2) is 72.8 Å². The van der Waals surface area contributed by atoms with E-state index in [1.165, 1.54) is 19.1 Å². The van der Waals surface area contributed by atoms with E-state index >= 15 is 0 Å². The van der Waals surface area contributed by atoms with Gasteiger partial charge in [0.2, 0.25) is 11.8 Å². The summed E-state index contributed by atoms with van der Waals surface area (Å²) >= 11 is 0. The minimum atomic E-state index is -0.276. The van der Waals surface area contributed by atoms with E-state index in [1.54, 1.807) is 17.0 Å². The van der Waals surface area contributed by atoms with Gasteiger partial charge in [0.15, 0.2) is 0 Å². The lowest BCUT2D eigenvalue weighted by Crippen LogP contribution is -2.50. The van der Waals surface area contributed by atoms with E-state index in [0.29, 0.717) is 26.1 Å². The highest BCUT2D eigenvalue weighted by molar-refractivity contribution is 5.83. The van der Waals surface area contributed by atoms with Crippen LogP contribution in [0.2, 0.25) is 0 Å². The lowest BCUT2D eigenvalue weighted by Gasteiger charge is -2.33. The number of amides is 2. The largest absolute Gasteiger partial charge is 0.339 e. The maximum Gasteiger partial charge on any atom is 0.242 e. The maximum absolute atomic E-state index is 12.9. The summed E-state index contributed by atoms with van der Waals surface area (Å²) < 4.78 is 12.9. The average molecular weight is 321 g/mol. The number of carbonyl (C=O) groups excluding carboxylic acids is 2. The van der Waals surface area contributed by atoms with E-state index in [9.17, 15) is 14.0 Å². The quantitative estimate of drug-likeness (QED) is 0.812. The molecule has 6 heteroatoms. The van der Waals surface area contributed by atoms with Gasteiger partial charge in [0.05, 0.1) is 6.54 Å². The molecule has 0 unspecified atom stereocenters. The predicted molar refractivity (Wildman–Crippen MR) is 86.4 cm³/mol. The highest BCUT2D eigenvalue weighted by Gasteiger charge is 2.22. The van der Waals surface area contributed by atoms with Gasteiger partial charge in [-0.3, -0.25) is 9.59 Å². The van der Waals surface area contributed by atoms with E-state index in [0.717, 1.165) is 18.7 Å². The summed E-state index contributed by atoms with van der Waals surface area (Å²) in [5.74, 6) is -0.399. The van der Waals surface area contributed by atoms with Crippen LogP contribution in [0.25, 0.3) is 0 Å². The van der Waals surface area contributed by atoms with Gasteiger partial charge in [0, 0.05) is 39.6 Å². The average Bonchev–Trinajstić information content (AvgIpc) is 2.53. The minimum Gasteiger partial charge on any atom is -0.339 e. The van der Waals surface area contributed by atoms with Crippen molar-refractivity contribution in [1.29, 1.82) is 0 Å². The number of piperazine rings is 1. The zero-order valence-electron chi connectivity index (χ0n) is 13.8. The summed E-state index contributed by atoms with van der Waals surface area (Å²) in [5.41, 5.74) is 0.949. The Balaban J connectivity index is 1.87. The summed E-state index contributed by atoms with van der Waals surface area (Å²) in [7, 11) is 2.03. The number of likely N-dealkylation sites (N-methyl/N-ethyl adjacent to an activating group) is 1. The molecule has 1 aromatic rings. The number of halogens is 1. The molecule has 1 heterocycles. The number of benzene rings is 1. The Hall–Kier alpha value is -1.95. The Labute approximate surface area is 136 Å². The molecular formula is C17H24FN3O2. The highest BCUT2D eigenvalue weighted by atomic mass is 19.1. The van der Waals surface area contributed by atoms with E-state index in [-0.39, 0.29) is 24.2 Å². The molecule has 1 aliphatic rings. The maximum atomic E-state index is 12.9. The molecule has 2 amide bonds. The fourth-order valence-electron chi connectivity index (χ4n) is 2.58. The lowest BCUT2D eigenvalue weighted by atomic mass is 10.1. The van der Waals surface area contributed by atoms with Crippen LogP contribution >= 0.6 is 0 Å². The number of rotatable bonds is 5. The third-order valence-corrected chi connectivity index (χ3v) is 4.21. The SMILES string of the molecule is CC(=O)N(CCc1ccc(F)cc1)CC(=O)N1CCN(C)CC1. The number of hydrogen-bond acceptors (Lipinski definition) is 3. The first kappa shape index (κ1) is 17.4. The van der Waals surface area contributed by atoms with Crippen molar-refractivity contribution >= 4 is 11.8 Å². The normalized spacial score (nSPS) is 15.5. The standard InChI is InChI=1S/C17H24FN3O2/c1-14(22)21(8-7-15-3-5-16(18)6-4-15)13-17(23)20-11-9-19(2)10-12-20/h3-6H,7-13H2,1-2H3. The number of carbonyl (C=O) groups is 2. The van der Waals surface area contributed by atoms with Crippen molar-refractivity contribution < 1.29 is 14.0 Å². The van der Waals surface area contributed by atoms with Gasteiger partial charge in [0.1, 0.15) is 5.82 Å². The molecule has 0 spiro atoms. The zero-order chi connectivity index (χ0) is 16.8. The Morgan fingerprint density at radius 2 is 1.74 bits per heavy atom. The smallest absolute Gasteiger partial charge is 0.242 e. The lowest BCUT2D eigenvalue weighted by molar-refractivity contribution is -0.140. The number of nitrogens with zero attached hydrogens (tertiary/aromatic N) is 3. The van der Waals surface area contributed by atoms with Gasteiger partial charge in [-0.1, -0.05) is 12.1 Å². The van der Waals surface area contributed by atoms with Crippen LogP contribution in [0.5, 0.6) is 0 Å². The fraction of sp³-hybridized carbons (Fsp3) is 0.529. The molecule has 5 nitrogen and oxygen atoms in total. The summed E-state index contributed by atoms with van der Waals surface area (Å²) in [6, 6.07) is 6.22. The van der Waals surface area contributed by atoms with Crippen molar-refractivity contribution in [1.82, 2.24) is 14.7 Å². The first-order valence-corrected chi connectivity index (χ1v) is 7.92. The van der Waals surface area contributed by atoms with E-state index in [1.807, 2.05) is 11.9 Å². The van der Waals surface area contributed by atoms with Crippen LogP contribution in [0.1, 0.15) is 12.5 Å². The molecule has 1 saturated heterocycles. The van der Waals surface area contributed by atoms with Crippen LogP contribution in [0.4, 0.5) is 4.39 Å². The summed E-state index contributed by atoms with van der Waals surface area (Å²) in [5, 5.41) is 0. The zero-order valence-corrected chi connectivity index (χ0v) is 13.8. The van der Waals surface area contributed by atoms with Crippen LogP contribution in [0, 0.1) is 5.82 Å². The Morgan fingerprint density at radius 3 is 2.30 bits per heavy atom. The van der Waals surface area contributed by atoms with Crippen molar-refractivity contribution in [3.05, 3.63) is 35.6 Å². The summed E-state index contributed by atoms with van der Waals surface area (Å²) in [6.07, 6.45) is 0.607. The van der Waals surface area contributed by atoms with E-state index in [4.69, 9.17) is 0 Å². The second kappa shape index (κ2) is 8.06. The second-order valence-electron chi connectivity index (χ2n) is 6.00. The molecule has 23 heavy (non-hydrogen) atoms. The molecule has 126 valence electrons. The topological polar surface area (TPSA) is 43.9 Å². The molecule has 0 aromatic heterocycles. The molecule has 0 atom stereocenters. The van der Waals surface area contributed by atoms with Crippen molar-refractivity contribution in [2.24, 2.45) is 0 Å². The predicted octanol–water partition coefficient (Wildman–Crippen LogP) is 0.991. The van der Waals surface area contributed by atoms with Crippen LogP contribution in [0.15, 0.2) is 24.3 Å². The first-order valence-electron chi connectivity index (χ1n) is 7.92. The minimum absolute atomic E-state index is 0.00703. The summed E-state index contributed by atoms with van der Waals surface area (Å²) in [6.45, 7) is 5.18. The molecule has 1 fully saturated rings. The van der Waals surface area contributed by atoms with Crippen LogP contribution in [0.3, 0.4) is 0 Å². The highest BCUT2D eigenvalue weighted by Crippen LogP contribution is 2.06. The molecule has 0 aliphatic carbocycles. The van der Waals surface area contributed by atoms with Gasteiger partial charge < -0.3 is 14.7 Å². The molecular weight excluding hydrogens is 297 g/mol. The third kappa shape index (κ3) is 5.32. The van der Waals surface area contributed by atoms with Gasteiger partial charge in [0.25, 0.3) is 0 Å². The van der Waals surface area contributed by atoms with Crippen molar-refractivity contribution in [2.45, 2.75) is 13.3 Å². The van der Waals surface area contributed by atoms with Gasteiger partial charge in [-0.2, -0.15) is 0 Å². The molecule has 0 saturated carbocycles. The van der Waals surface area contributed by atoms with Crippen molar-refractivity contribution in [3.8, 4) is 0 Å². The molecule has 1 aliphatic heterocycles. The van der Waals surface area contributed by atoms with Gasteiger partial charge in [-0.05, 0) is 31.2 Å². The molecule has 1 aromatic carbocycles. The Morgan fingerprint density at radius 1 is 1.13 bits per heavy atom. The van der Waals surface area contributed by atoms with Crippen molar-refractivity contribution in [2.75, 3.05) is 46.3 Å². The monoisotopic (exact) mass is 321 g/mol. The molecule has 0 radical (unpaired) electrons. The van der Waals surface area contributed by atoms with Crippen LogP contribution < -0.4 is 0 Å². The Bertz CT molecular complexity index is 539. The molecule has 0 bridgehead atoms. The van der Waals surface area contributed by atoms with Gasteiger partial charge >= 0.3 is 0 Å². The van der Waals surface area contributed by atoms with Crippen molar-refractivity contribution in [3.63, 3.8) is 0 Å². The van der Waals surface area contributed by atoms with E-state index in [2.05, 4.69) is 4.90 Å². The van der Waals surface area contributed by atoms with Gasteiger partial charge in [-0.25, -0.2) is 4.39 Å².